The molecule has 2 nitrogen and oxygen atoms in total. The zero-order chi connectivity index (χ0) is 49.1. The monoisotopic (exact) mass is 940 g/mol. The van der Waals surface area contributed by atoms with Gasteiger partial charge in [0.1, 0.15) is 0 Å². The molecule has 11 aromatic carbocycles. The molecule has 0 unspecified atom stereocenters. The van der Waals surface area contributed by atoms with Crippen molar-refractivity contribution >= 4 is 122 Å². The van der Waals surface area contributed by atoms with Crippen molar-refractivity contribution in [3.8, 4) is 0 Å². The van der Waals surface area contributed by atoms with Gasteiger partial charge in [-0.1, -0.05) is 169 Å². The minimum atomic E-state index is -0.0159. The van der Waals surface area contributed by atoms with Crippen LogP contribution in [0.2, 0.25) is 0 Å². The van der Waals surface area contributed by atoms with E-state index in [1.807, 2.05) is 0 Å². The van der Waals surface area contributed by atoms with E-state index < -0.39 is 0 Å². The molecule has 0 fully saturated rings. The zero-order valence-electron chi connectivity index (χ0n) is 43.2. The molecule has 0 bridgehead atoms. The summed E-state index contributed by atoms with van der Waals surface area (Å²) in [6.07, 6.45) is 9.36. The van der Waals surface area contributed by atoms with E-state index in [-0.39, 0.29) is 17.5 Å². The average Bonchev–Trinajstić information content (AvgIpc) is 3.42. The van der Waals surface area contributed by atoms with Gasteiger partial charge in [0.2, 0.25) is 0 Å². The lowest BCUT2D eigenvalue weighted by Crippen LogP contribution is -2.62. The molecule has 2 aliphatic carbocycles. The average molecular weight is 941 g/mol. The Morgan fingerprint density at radius 2 is 0.644 bits per heavy atom. The van der Waals surface area contributed by atoms with E-state index in [0.717, 1.165) is 25.7 Å². The maximum Gasteiger partial charge on any atom is 0.252 e. The second kappa shape index (κ2) is 15.6. The van der Waals surface area contributed by atoms with Crippen LogP contribution >= 0.6 is 0 Å². The van der Waals surface area contributed by atoms with E-state index in [4.69, 9.17) is 0 Å². The Morgan fingerprint density at radius 1 is 0.329 bits per heavy atom. The van der Waals surface area contributed by atoms with Crippen molar-refractivity contribution in [1.82, 2.24) is 0 Å². The van der Waals surface area contributed by atoms with Gasteiger partial charge in [-0.2, -0.15) is 0 Å². The second-order valence-corrected chi connectivity index (χ2v) is 24.0. The largest absolute Gasteiger partial charge is 0.311 e. The molecule has 4 aliphatic rings. The Morgan fingerprint density at radius 3 is 0.986 bits per heavy atom. The Bertz CT molecular complexity index is 3860. The molecule has 0 saturated heterocycles. The van der Waals surface area contributed by atoms with Crippen LogP contribution in [0.25, 0.3) is 64.6 Å². The van der Waals surface area contributed by atoms with Crippen molar-refractivity contribution in [2.45, 2.75) is 104 Å². The molecule has 15 rings (SSSR count). The Labute approximate surface area is 430 Å². The minimum Gasteiger partial charge on any atom is -0.311 e. The van der Waals surface area contributed by atoms with Gasteiger partial charge in [-0.05, 0) is 213 Å². The van der Waals surface area contributed by atoms with Crippen molar-refractivity contribution in [1.29, 1.82) is 0 Å². The number of hydrogen-bond donors (Lipinski definition) is 0. The third-order valence-electron chi connectivity index (χ3n) is 17.8. The molecule has 0 radical (unpaired) electrons. The molecule has 2 aliphatic heterocycles. The fraction of sp³-hybridized carbons (Fsp3) is 0.229. The first kappa shape index (κ1) is 43.2. The third kappa shape index (κ3) is 6.18. The Balaban J connectivity index is 1.08. The van der Waals surface area contributed by atoms with Crippen molar-refractivity contribution in [3.05, 3.63) is 197 Å². The molecule has 0 spiro atoms. The Hall–Kier alpha value is -7.36. The molecule has 11 aromatic rings. The number of anilines is 6. The van der Waals surface area contributed by atoms with Crippen LogP contribution in [0.15, 0.2) is 164 Å². The summed E-state index contributed by atoms with van der Waals surface area (Å²) in [6, 6.07) is 63.8. The van der Waals surface area contributed by atoms with Crippen molar-refractivity contribution in [3.63, 3.8) is 0 Å². The van der Waals surface area contributed by atoms with Crippen LogP contribution in [0.4, 0.5) is 34.1 Å². The van der Waals surface area contributed by atoms with E-state index in [9.17, 15) is 0 Å². The maximum atomic E-state index is 2.75. The number of nitrogens with zero attached hydrogens (tertiary/aromatic N) is 2. The van der Waals surface area contributed by atoms with Crippen LogP contribution < -0.4 is 26.2 Å². The summed E-state index contributed by atoms with van der Waals surface area (Å²) in [5.41, 5.74) is 21.7. The zero-order valence-corrected chi connectivity index (χ0v) is 43.2. The first-order chi connectivity index (χ1) is 35.5. The normalized spacial score (nSPS) is 15.3. The van der Waals surface area contributed by atoms with Gasteiger partial charge < -0.3 is 9.80 Å². The summed E-state index contributed by atoms with van der Waals surface area (Å²) < 4.78 is 0. The van der Waals surface area contributed by atoms with Gasteiger partial charge in [0.25, 0.3) is 6.71 Å². The van der Waals surface area contributed by atoms with E-state index in [1.165, 1.54) is 152 Å². The number of benzene rings is 11. The molecule has 0 saturated carbocycles. The van der Waals surface area contributed by atoms with E-state index >= 15 is 0 Å². The summed E-state index contributed by atoms with van der Waals surface area (Å²) in [4.78, 5) is 5.49. The minimum absolute atomic E-state index is 0.0159. The summed E-state index contributed by atoms with van der Waals surface area (Å²) in [5, 5.41) is 15.7. The molecule has 2 heterocycles. The molecule has 0 N–H and O–H groups in total. The van der Waals surface area contributed by atoms with Crippen molar-refractivity contribution in [2.75, 3.05) is 9.80 Å². The SMILES string of the molecule is CC(C)(C)c1cc2c(c3c1CCCC3)N(c1ccc3c4ccccc4c4ccccc4c3c1)c1cccc3c1B2c1cc(C(C)(C)C)c2c(c1N3c1ccc3c4ccccc4c4ccccc4c3c1)CCCC2. The van der Waals surface area contributed by atoms with Gasteiger partial charge in [0.15, 0.2) is 0 Å². The standard InChI is InChI=1S/C70H61BN2/c1-69(2,3)60-40-62-67(56-30-17-15-28-54(56)60)72(42-34-36-52-48-24-9-7-20-44(48)46-22-11-13-26-50(46)58(52)38-42)64-32-19-33-65-66(64)71(62)63-41-61(70(4,5)6)55-29-16-18-31-57(55)68(63)73(65)43-35-37-53-49-25-10-8-21-45(49)47-23-12-14-27-51(47)59(53)39-43/h7-14,19-27,32-41H,15-18,28-31H2,1-6H3. The smallest absolute Gasteiger partial charge is 0.252 e. The molecule has 0 atom stereocenters. The second-order valence-electron chi connectivity index (χ2n) is 24.0. The van der Waals surface area contributed by atoms with Gasteiger partial charge in [-0.15, -0.1) is 0 Å². The van der Waals surface area contributed by atoms with E-state index in [0.29, 0.717) is 0 Å². The summed E-state index contributed by atoms with van der Waals surface area (Å²) >= 11 is 0. The van der Waals surface area contributed by atoms with Gasteiger partial charge in [-0.3, -0.25) is 0 Å². The van der Waals surface area contributed by atoms with E-state index in [1.54, 1.807) is 22.3 Å². The van der Waals surface area contributed by atoms with Crippen molar-refractivity contribution in [2.24, 2.45) is 0 Å². The highest BCUT2D eigenvalue weighted by molar-refractivity contribution is 7.00. The molecule has 0 amide bonds. The number of hydrogen-bond acceptors (Lipinski definition) is 2. The number of fused-ring (bicyclic) bond motifs is 20. The molecular formula is C70H61BN2. The van der Waals surface area contributed by atoms with E-state index in [2.05, 4.69) is 215 Å². The summed E-state index contributed by atoms with van der Waals surface area (Å²) in [7, 11) is 0. The first-order valence-electron chi connectivity index (χ1n) is 27.3. The molecular weight excluding hydrogens is 880 g/mol. The van der Waals surface area contributed by atoms with Gasteiger partial charge >= 0.3 is 0 Å². The highest BCUT2D eigenvalue weighted by atomic mass is 15.2. The van der Waals surface area contributed by atoms with Gasteiger partial charge in [0.05, 0.1) is 0 Å². The summed E-state index contributed by atoms with van der Waals surface area (Å²) in [6.45, 7) is 14.8. The fourth-order valence-corrected chi connectivity index (χ4v) is 14.8. The predicted molar refractivity (Wildman–Crippen MR) is 316 cm³/mol. The lowest BCUT2D eigenvalue weighted by atomic mass is 9.32. The van der Waals surface area contributed by atoms with Crippen LogP contribution in [0.5, 0.6) is 0 Å². The third-order valence-corrected chi connectivity index (χ3v) is 17.8. The van der Waals surface area contributed by atoms with Crippen LogP contribution in [0.3, 0.4) is 0 Å². The predicted octanol–water partition coefficient (Wildman–Crippen LogP) is 17.0. The van der Waals surface area contributed by atoms with Gasteiger partial charge in [0, 0.05) is 34.1 Å². The fourth-order valence-electron chi connectivity index (χ4n) is 14.8. The van der Waals surface area contributed by atoms with Crippen LogP contribution in [-0.2, 0) is 36.5 Å². The maximum absolute atomic E-state index is 2.75. The number of rotatable bonds is 2. The van der Waals surface area contributed by atoms with Gasteiger partial charge in [-0.25, -0.2) is 0 Å². The highest BCUT2D eigenvalue weighted by Gasteiger charge is 2.47. The quantitative estimate of drug-likeness (QED) is 0.126. The van der Waals surface area contributed by atoms with Crippen LogP contribution in [-0.4, -0.2) is 6.71 Å². The first-order valence-corrected chi connectivity index (χ1v) is 27.3. The summed E-state index contributed by atoms with van der Waals surface area (Å²) in [5.74, 6) is 0. The lowest BCUT2D eigenvalue weighted by Gasteiger charge is -2.47. The van der Waals surface area contributed by atoms with Crippen LogP contribution in [0, 0.1) is 0 Å². The molecule has 3 heteroatoms. The topological polar surface area (TPSA) is 6.48 Å². The molecule has 0 aromatic heterocycles. The molecule has 354 valence electrons. The van der Waals surface area contributed by atoms with Crippen molar-refractivity contribution < 1.29 is 0 Å². The Kier molecular flexibility index (Phi) is 9.23. The lowest BCUT2D eigenvalue weighted by molar-refractivity contribution is 0.569. The molecule has 73 heavy (non-hydrogen) atoms. The highest BCUT2D eigenvalue weighted by Crippen LogP contribution is 2.52. The van der Waals surface area contributed by atoms with Crippen LogP contribution in [0.1, 0.15) is 101 Å².